The van der Waals surface area contributed by atoms with Crippen LogP contribution in [0.2, 0.25) is 0 Å². The van der Waals surface area contributed by atoms with E-state index in [-0.39, 0.29) is 5.91 Å². The molecule has 120 valence electrons. The van der Waals surface area contributed by atoms with Crippen molar-refractivity contribution in [1.82, 2.24) is 15.3 Å². The average molecular weight is 319 g/mol. The number of hydrogen-bond donors (Lipinski definition) is 1. The molecule has 3 aromatic rings. The van der Waals surface area contributed by atoms with E-state index < -0.39 is 0 Å². The fraction of sp³-hybridized carbons (Fsp3) is 0.105. The number of amides is 1. The van der Waals surface area contributed by atoms with Crippen LogP contribution in [0.15, 0.2) is 67.1 Å². The van der Waals surface area contributed by atoms with E-state index in [4.69, 9.17) is 4.74 Å². The van der Waals surface area contributed by atoms with E-state index in [9.17, 15) is 4.79 Å². The Morgan fingerprint density at radius 1 is 1.08 bits per heavy atom. The third-order valence-corrected chi connectivity index (χ3v) is 3.62. The van der Waals surface area contributed by atoms with Gasteiger partial charge in [-0.15, -0.1) is 0 Å². The molecule has 0 aliphatic heterocycles. The van der Waals surface area contributed by atoms with Crippen molar-refractivity contribution in [1.29, 1.82) is 0 Å². The number of carbonyl (C=O) groups is 1. The number of methoxy groups -OCH3 is 1. The zero-order chi connectivity index (χ0) is 16.8. The fourth-order valence-corrected chi connectivity index (χ4v) is 2.39. The molecule has 0 aliphatic carbocycles. The molecule has 0 bridgehead atoms. The normalized spacial score (nSPS) is 10.2. The van der Waals surface area contributed by atoms with Gasteiger partial charge in [-0.2, -0.15) is 0 Å². The second-order valence-electron chi connectivity index (χ2n) is 5.16. The lowest BCUT2D eigenvalue weighted by molar-refractivity contribution is 0.0950. The Labute approximate surface area is 140 Å². The molecule has 1 N–H and O–H groups in total. The molecular formula is C19H17N3O2. The molecule has 1 amide bonds. The minimum Gasteiger partial charge on any atom is -0.497 e. The van der Waals surface area contributed by atoms with Crippen LogP contribution >= 0.6 is 0 Å². The first-order valence-corrected chi connectivity index (χ1v) is 7.54. The van der Waals surface area contributed by atoms with Gasteiger partial charge in [-0.3, -0.25) is 14.8 Å². The summed E-state index contributed by atoms with van der Waals surface area (Å²) in [7, 11) is 1.58. The van der Waals surface area contributed by atoms with Gasteiger partial charge in [0.15, 0.2) is 0 Å². The van der Waals surface area contributed by atoms with Crippen LogP contribution in [0.25, 0.3) is 11.3 Å². The van der Waals surface area contributed by atoms with Crippen molar-refractivity contribution in [2.45, 2.75) is 6.54 Å². The molecule has 0 unspecified atom stereocenters. The summed E-state index contributed by atoms with van der Waals surface area (Å²) in [6, 6.07) is 14.7. The Balaban J connectivity index is 1.76. The minimum atomic E-state index is -0.154. The van der Waals surface area contributed by atoms with E-state index in [1.54, 1.807) is 50.0 Å². The number of rotatable bonds is 5. The maximum absolute atomic E-state index is 12.3. The molecule has 5 heteroatoms. The molecule has 0 atom stereocenters. The minimum absolute atomic E-state index is 0.154. The summed E-state index contributed by atoms with van der Waals surface area (Å²) in [5.41, 5.74) is 3.31. The number of ether oxygens (including phenoxy) is 1. The Kier molecular flexibility index (Phi) is 4.81. The summed E-state index contributed by atoms with van der Waals surface area (Å²) in [4.78, 5) is 20.8. The van der Waals surface area contributed by atoms with Crippen molar-refractivity contribution in [3.63, 3.8) is 0 Å². The number of benzene rings is 1. The second kappa shape index (κ2) is 7.37. The topological polar surface area (TPSA) is 64.1 Å². The first-order valence-electron chi connectivity index (χ1n) is 7.54. The van der Waals surface area contributed by atoms with Gasteiger partial charge in [0.05, 0.1) is 12.8 Å². The van der Waals surface area contributed by atoms with E-state index in [1.807, 2.05) is 24.3 Å². The van der Waals surface area contributed by atoms with Gasteiger partial charge < -0.3 is 10.1 Å². The van der Waals surface area contributed by atoms with Crippen molar-refractivity contribution in [2.24, 2.45) is 0 Å². The Morgan fingerprint density at radius 2 is 1.92 bits per heavy atom. The zero-order valence-corrected chi connectivity index (χ0v) is 13.3. The maximum atomic E-state index is 12.3. The standard InChI is InChI=1S/C19H17N3O2/c1-24-17-6-2-4-15(12-17)19(23)22-13-16-5-3-9-21-18(16)14-7-10-20-11-8-14/h2-12H,13H2,1H3,(H,22,23). The molecule has 0 saturated heterocycles. The highest BCUT2D eigenvalue weighted by Gasteiger charge is 2.10. The summed E-state index contributed by atoms with van der Waals surface area (Å²) in [5.74, 6) is 0.500. The van der Waals surface area contributed by atoms with E-state index >= 15 is 0 Å². The summed E-state index contributed by atoms with van der Waals surface area (Å²) >= 11 is 0. The van der Waals surface area contributed by atoms with Crippen molar-refractivity contribution in [2.75, 3.05) is 7.11 Å². The Bertz CT molecular complexity index is 835. The van der Waals surface area contributed by atoms with Crippen LogP contribution in [0.4, 0.5) is 0 Å². The molecule has 3 rings (SSSR count). The molecule has 0 fully saturated rings. The highest BCUT2D eigenvalue weighted by molar-refractivity contribution is 5.94. The molecule has 0 aliphatic rings. The monoisotopic (exact) mass is 319 g/mol. The summed E-state index contributed by atoms with van der Waals surface area (Å²) in [6.45, 7) is 0.390. The molecule has 24 heavy (non-hydrogen) atoms. The molecule has 2 aromatic heterocycles. The fourth-order valence-electron chi connectivity index (χ4n) is 2.39. The predicted molar refractivity (Wildman–Crippen MR) is 91.6 cm³/mol. The smallest absolute Gasteiger partial charge is 0.251 e. The van der Waals surface area contributed by atoms with Crippen LogP contribution in [0.3, 0.4) is 0 Å². The van der Waals surface area contributed by atoms with Gasteiger partial charge in [0, 0.05) is 36.3 Å². The van der Waals surface area contributed by atoms with Crippen molar-refractivity contribution in [3.05, 3.63) is 78.2 Å². The molecule has 0 saturated carbocycles. The summed E-state index contributed by atoms with van der Waals surface area (Å²) in [6.07, 6.45) is 5.19. The third kappa shape index (κ3) is 3.57. The zero-order valence-electron chi connectivity index (χ0n) is 13.3. The first-order chi connectivity index (χ1) is 11.8. The van der Waals surface area contributed by atoms with Crippen molar-refractivity contribution < 1.29 is 9.53 Å². The van der Waals surface area contributed by atoms with E-state index in [1.165, 1.54) is 0 Å². The number of nitrogens with one attached hydrogen (secondary N) is 1. The van der Waals surface area contributed by atoms with Gasteiger partial charge in [0.25, 0.3) is 5.91 Å². The second-order valence-corrected chi connectivity index (χ2v) is 5.16. The largest absolute Gasteiger partial charge is 0.497 e. The van der Waals surface area contributed by atoms with E-state index in [0.29, 0.717) is 17.9 Å². The predicted octanol–water partition coefficient (Wildman–Crippen LogP) is 3.08. The molecule has 2 heterocycles. The van der Waals surface area contributed by atoms with Gasteiger partial charge in [0.2, 0.25) is 0 Å². The van der Waals surface area contributed by atoms with Crippen molar-refractivity contribution in [3.8, 4) is 17.0 Å². The molecule has 1 aromatic carbocycles. The third-order valence-electron chi connectivity index (χ3n) is 3.62. The van der Waals surface area contributed by atoms with Gasteiger partial charge in [-0.25, -0.2) is 0 Å². The lowest BCUT2D eigenvalue weighted by atomic mass is 10.1. The lowest BCUT2D eigenvalue weighted by Crippen LogP contribution is -2.23. The summed E-state index contributed by atoms with van der Waals surface area (Å²) in [5, 5.41) is 2.93. The first kappa shape index (κ1) is 15.7. The number of nitrogens with zero attached hydrogens (tertiary/aromatic N) is 2. The van der Waals surface area contributed by atoms with Crippen LogP contribution in [-0.2, 0) is 6.54 Å². The number of pyridine rings is 2. The van der Waals surface area contributed by atoms with Gasteiger partial charge in [-0.05, 0) is 42.0 Å². The van der Waals surface area contributed by atoms with Crippen LogP contribution in [-0.4, -0.2) is 23.0 Å². The molecule has 0 spiro atoms. The molecular weight excluding hydrogens is 302 g/mol. The van der Waals surface area contributed by atoms with Crippen LogP contribution in [0.5, 0.6) is 5.75 Å². The number of carbonyl (C=O) groups excluding carboxylic acids is 1. The van der Waals surface area contributed by atoms with E-state index in [2.05, 4.69) is 15.3 Å². The maximum Gasteiger partial charge on any atom is 0.251 e. The number of hydrogen-bond acceptors (Lipinski definition) is 4. The Hall–Kier alpha value is -3.21. The van der Waals surface area contributed by atoms with Crippen LogP contribution in [0.1, 0.15) is 15.9 Å². The summed E-state index contributed by atoms with van der Waals surface area (Å²) < 4.78 is 5.15. The van der Waals surface area contributed by atoms with Crippen molar-refractivity contribution >= 4 is 5.91 Å². The van der Waals surface area contributed by atoms with Gasteiger partial charge >= 0.3 is 0 Å². The molecule has 5 nitrogen and oxygen atoms in total. The van der Waals surface area contributed by atoms with Crippen LogP contribution < -0.4 is 10.1 Å². The SMILES string of the molecule is COc1cccc(C(=O)NCc2cccnc2-c2ccncc2)c1. The average Bonchev–Trinajstić information content (AvgIpc) is 2.67. The highest BCUT2D eigenvalue weighted by Crippen LogP contribution is 2.20. The highest BCUT2D eigenvalue weighted by atomic mass is 16.5. The Morgan fingerprint density at radius 3 is 2.71 bits per heavy atom. The number of aromatic nitrogens is 2. The lowest BCUT2D eigenvalue weighted by Gasteiger charge is -2.10. The molecule has 0 radical (unpaired) electrons. The van der Waals surface area contributed by atoms with Gasteiger partial charge in [-0.1, -0.05) is 12.1 Å². The van der Waals surface area contributed by atoms with Gasteiger partial charge in [0.1, 0.15) is 5.75 Å². The quantitative estimate of drug-likeness (QED) is 0.785. The van der Waals surface area contributed by atoms with E-state index in [0.717, 1.165) is 16.8 Å². The van der Waals surface area contributed by atoms with Crippen LogP contribution in [0, 0.1) is 0 Å².